The highest BCUT2D eigenvalue weighted by molar-refractivity contribution is 6.34. The van der Waals surface area contributed by atoms with Crippen molar-refractivity contribution in [1.82, 2.24) is 5.32 Å². The molecule has 0 aliphatic heterocycles. The summed E-state index contributed by atoms with van der Waals surface area (Å²) in [7, 11) is 0. The van der Waals surface area contributed by atoms with Crippen molar-refractivity contribution in [3.63, 3.8) is 0 Å². The molecule has 0 saturated heterocycles. The maximum absolute atomic E-state index is 6.04. The molecule has 0 fully saturated rings. The van der Waals surface area contributed by atoms with Crippen molar-refractivity contribution in [1.29, 1.82) is 0 Å². The summed E-state index contributed by atoms with van der Waals surface area (Å²) in [5.41, 5.74) is 0.777. The van der Waals surface area contributed by atoms with E-state index in [0.29, 0.717) is 5.02 Å². The van der Waals surface area contributed by atoms with Crippen molar-refractivity contribution in [3.05, 3.63) is 35.0 Å². The van der Waals surface area contributed by atoms with Crippen LogP contribution in [0.4, 0.5) is 0 Å². The predicted octanol–water partition coefficient (Wildman–Crippen LogP) is 3.76. The molecule has 0 radical (unpaired) electrons. The lowest BCUT2D eigenvalue weighted by atomic mass is 10.2. The maximum atomic E-state index is 6.04. The molecule has 1 atom stereocenters. The van der Waals surface area contributed by atoms with Gasteiger partial charge < -0.3 is 9.73 Å². The zero-order chi connectivity index (χ0) is 10.8. The Morgan fingerprint density at radius 2 is 2.27 bits per heavy atom. The van der Waals surface area contributed by atoms with Crippen molar-refractivity contribution < 1.29 is 4.42 Å². The third kappa shape index (κ3) is 2.01. The zero-order valence-corrected chi connectivity index (χ0v) is 9.64. The first-order valence-corrected chi connectivity index (χ1v) is 5.51. The van der Waals surface area contributed by atoms with Crippen LogP contribution in [0.15, 0.2) is 28.7 Å². The number of furan rings is 1. The van der Waals surface area contributed by atoms with Gasteiger partial charge in [-0.2, -0.15) is 0 Å². The third-order valence-corrected chi connectivity index (χ3v) is 2.75. The lowest BCUT2D eigenvalue weighted by molar-refractivity contribution is 0.459. The molecule has 3 heteroatoms. The summed E-state index contributed by atoms with van der Waals surface area (Å²) in [4.78, 5) is 0. The van der Waals surface area contributed by atoms with Crippen LogP contribution in [0.5, 0.6) is 0 Å². The zero-order valence-electron chi connectivity index (χ0n) is 8.88. The highest BCUT2D eigenvalue weighted by atomic mass is 35.5. The fourth-order valence-corrected chi connectivity index (χ4v) is 1.89. The molecule has 0 bridgehead atoms. The van der Waals surface area contributed by atoms with Gasteiger partial charge in [-0.1, -0.05) is 30.7 Å². The minimum Gasteiger partial charge on any atom is -0.458 e. The summed E-state index contributed by atoms with van der Waals surface area (Å²) in [6.07, 6.45) is 0. The van der Waals surface area contributed by atoms with Gasteiger partial charge in [0, 0.05) is 5.39 Å². The van der Waals surface area contributed by atoms with Gasteiger partial charge in [0.15, 0.2) is 5.58 Å². The molecule has 1 heterocycles. The molecule has 1 N–H and O–H groups in total. The molecule has 1 unspecified atom stereocenters. The van der Waals surface area contributed by atoms with Crippen LogP contribution in [0.2, 0.25) is 5.02 Å². The van der Waals surface area contributed by atoms with E-state index in [1.165, 1.54) is 0 Å². The minimum absolute atomic E-state index is 0.221. The fraction of sp³-hybridized carbons (Fsp3) is 0.333. The number of hydrogen-bond acceptors (Lipinski definition) is 2. The monoisotopic (exact) mass is 223 g/mol. The van der Waals surface area contributed by atoms with Crippen LogP contribution in [0.1, 0.15) is 25.6 Å². The lowest BCUT2D eigenvalue weighted by Gasteiger charge is -2.07. The molecule has 1 aromatic carbocycles. The van der Waals surface area contributed by atoms with Gasteiger partial charge in [-0.05, 0) is 25.6 Å². The summed E-state index contributed by atoms with van der Waals surface area (Å²) in [6, 6.07) is 8.04. The van der Waals surface area contributed by atoms with Crippen LogP contribution in [0, 0.1) is 0 Å². The standard InChI is InChI=1S/C12H14ClNO/c1-3-14-8(2)11-7-9-5-4-6-10(13)12(9)15-11/h4-8,14H,3H2,1-2H3. The van der Waals surface area contributed by atoms with E-state index in [0.717, 1.165) is 23.3 Å². The minimum atomic E-state index is 0.221. The van der Waals surface area contributed by atoms with Gasteiger partial charge in [-0.3, -0.25) is 0 Å². The van der Waals surface area contributed by atoms with E-state index in [9.17, 15) is 0 Å². The Labute approximate surface area is 94.2 Å². The van der Waals surface area contributed by atoms with Crippen molar-refractivity contribution in [2.75, 3.05) is 6.54 Å². The summed E-state index contributed by atoms with van der Waals surface area (Å²) < 4.78 is 5.72. The summed E-state index contributed by atoms with van der Waals surface area (Å²) >= 11 is 6.04. The number of para-hydroxylation sites is 1. The number of rotatable bonds is 3. The molecule has 0 aliphatic carbocycles. The topological polar surface area (TPSA) is 25.2 Å². The van der Waals surface area contributed by atoms with E-state index in [1.54, 1.807) is 0 Å². The van der Waals surface area contributed by atoms with Crippen LogP contribution in [-0.2, 0) is 0 Å². The average molecular weight is 224 g/mol. The van der Waals surface area contributed by atoms with Gasteiger partial charge in [0.1, 0.15) is 5.76 Å². The third-order valence-electron chi connectivity index (χ3n) is 2.45. The van der Waals surface area contributed by atoms with Gasteiger partial charge in [0.2, 0.25) is 0 Å². The molecule has 15 heavy (non-hydrogen) atoms. The predicted molar refractivity (Wildman–Crippen MR) is 63.3 cm³/mol. The van der Waals surface area contributed by atoms with Gasteiger partial charge in [-0.15, -0.1) is 0 Å². The normalized spacial score (nSPS) is 13.3. The molecule has 0 spiro atoms. The number of benzene rings is 1. The average Bonchev–Trinajstić information content (AvgIpc) is 2.63. The van der Waals surface area contributed by atoms with E-state index >= 15 is 0 Å². The fourth-order valence-electron chi connectivity index (χ4n) is 1.67. The maximum Gasteiger partial charge on any atom is 0.152 e. The first-order valence-electron chi connectivity index (χ1n) is 5.13. The Morgan fingerprint density at radius 1 is 1.47 bits per heavy atom. The van der Waals surface area contributed by atoms with E-state index in [1.807, 2.05) is 24.3 Å². The van der Waals surface area contributed by atoms with Crippen LogP contribution in [-0.4, -0.2) is 6.54 Å². The molecule has 80 valence electrons. The Hall–Kier alpha value is -0.990. The summed E-state index contributed by atoms with van der Waals surface area (Å²) in [5, 5.41) is 5.03. The second kappa shape index (κ2) is 4.25. The Bertz CT molecular complexity index is 464. The number of halogens is 1. The SMILES string of the molecule is CCNC(C)c1cc2cccc(Cl)c2o1. The van der Waals surface area contributed by atoms with E-state index in [4.69, 9.17) is 16.0 Å². The first-order chi connectivity index (χ1) is 7.22. The highest BCUT2D eigenvalue weighted by Crippen LogP contribution is 2.29. The molecule has 2 nitrogen and oxygen atoms in total. The number of nitrogens with one attached hydrogen (secondary N) is 1. The first kappa shape index (κ1) is 10.5. The van der Waals surface area contributed by atoms with Crippen molar-refractivity contribution in [2.45, 2.75) is 19.9 Å². The van der Waals surface area contributed by atoms with E-state index < -0.39 is 0 Å². The van der Waals surface area contributed by atoms with Gasteiger partial charge >= 0.3 is 0 Å². The quantitative estimate of drug-likeness (QED) is 0.857. The molecule has 1 aromatic heterocycles. The second-order valence-electron chi connectivity index (χ2n) is 3.59. The molecule has 0 aliphatic rings. The number of hydrogen-bond donors (Lipinski definition) is 1. The molecular weight excluding hydrogens is 210 g/mol. The Balaban J connectivity index is 2.43. The Kier molecular flexibility index (Phi) is 2.98. The highest BCUT2D eigenvalue weighted by Gasteiger charge is 2.11. The Morgan fingerprint density at radius 3 is 2.93 bits per heavy atom. The van der Waals surface area contributed by atoms with E-state index in [2.05, 4.69) is 19.2 Å². The molecular formula is C12H14ClNO. The van der Waals surface area contributed by atoms with Crippen LogP contribution >= 0.6 is 11.6 Å². The van der Waals surface area contributed by atoms with Gasteiger partial charge in [-0.25, -0.2) is 0 Å². The van der Waals surface area contributed by atoms with Crippen molar-refractivity contribution >= 4 is 22.6 Å². The van der Waals surface area contributed by atoms with Crippen LogP contribution in [0.3, 0.4) is 0 Å². The molecule has 2 rings (SSSR count). The van der Waals surface area contributed by atoms with Crippen LogP contribution < -0.4 is 5.32 Å². The second-order valence-corrected chi connectivity index (χ2v) is 3.99. The molecule has 0 saturated carbocycles. The smallest absolute Gasteiger partial charge is 0.152 e. The van der Waals surface area contributed by atoms with E-state index in [-0.39, 0.29) is 6.04 Å². The summed E-state index contributed by atoms with van der Waals surface area (Å²) in [6.45, 7) is 5.08. The summed E-state index contributed by atoms with van der Waals surface area (Å²) in [5.74, 6) is 0.931. The van der Waals surface area contributed by atoms with Crippen molar-refractivity contribution in [2.24, 2.45) is 0 Å². The molecule has 0 amide bonds. The number of fused-ring (bicyclic) bond motifs is 1. The largest absolute Gasteiger partial charge is 0.458 e. The molecule has 2 aromatic rings. The lowest BCUT2D eigenvalue weighted by Crippen LogP contribution is -2.16. The van der Waals surface area contributed by atoms with Gasteiger partial charge in [0.25, 0.3) is 0 Å². The van der Waals surface area contributed by atoms with Gasteiger partial charge in [0.05, 0.1) is 11.1 Å². The van der Waals surface area contributed by atoms with Crippen LogP contribution in [0.25, 0.3) is 11.0 Å². The van der Waals surface area contributed by atoms with Crippen molar-refractivity contribution in [3.8, 4) is 0 Å².